The van der Waals surface area contributed by atoms with E-state index in [4.69, 9.17) is 16.3 Å². The maximum atomic E-state index is 12.2. The number of aromatic nitrogens is 2. The molecule has 1 heterocycles. The van der Waals surface area contributed by atoms with Gasteiger partial charge in [0, 0.05) is 12.2 Å². The van der Waals surface area contributed by atoms with Gasteiger partial charge in [-0.05, 0) is 37.1 Å². The number of nitrogens with zero attached hydrogens (tertiary/aromatic N) is 2. The van der Waals surface area contributed by atoms with E-state index in [1.165, 1.54) is 7.11 Å². The number of hydrogen-bond donors (Lipinski definition) is 2. The molecule has 0 aliphatic heterocycles. The normalized spacial score (nSPS) is 10.5. The van der Waals surface area contributed by atoms with Gasteiger partial charge in [-0.3, -0.25) is 4.79 Å². The molecular weight excluding hydrogens is 356 g/mol. The molecule has 138 valence electrons. The molecule has 0 spiro atoms. The van der Waals surface area contributed by atoms with Crippen LogP contribution in [-0.4, -0.2) is 35.5 Å². The second-order valence-electron chi connectivity index (χ2n) is 6.13. The molecule has 0 unspecified atom stereocenters. The monoisotopic (exact) mass is 376 g/mol. The van der Waals surface area contributed by atoms with E-state index < -0.39 is 5.97 Å². The van der Waals surface area contributed by atoms with Gasteiger partial charge in [0.25, 0.3) is 5.91 Å². The van der Waals surface area contributed by atoms with E-state index in [2.05, 4.69) is 20.6 Å². The molecule has 0 atom stereocenters. The summed E-state index contributed by atoms with van der Waals surface area (Å²) < 4.78 is 4.70. The zero-order valence-corrected chi connectivity index (χ0v) is 15.8. The van der Waals surface area contributed by atoms with Gasteiger partial charge >= 0.3 is 5.97 Å². The topological polar surface area (TPSA) is 93.2 Å². The van der Waals surface area contributed by atoms with Crippen molar-refractivity contribution >= 4 is 35.1 Å². The lowest BCUT2D eigenvalue weighted by atomic mass is 10.2. The Balaban J connectivity index is 2.27. The third-order valence-electron chi connectivity index (χ3n) is 3.39. The van der Waals surface area contributed by atoms with Crippen LogP contribution in [0.1, 0.15) is 40.4 Å². The van der Waals surface area contributed by atoms with Crippen molar-refractivity contribution in [2.45, 2.75) is 20.8 Å². The second-order valence-corrected chi connectivity index (χ2v) is 6.54. The maximum Gasteiger partial charge on any atom is 0.337 e. The van der Waals surface area contributed by atoms with Gasteiger partial charge in [0.1, 0.15) is 5.69 Å². The number of halogens is 1. The van der Waals surface area contributed by atoms with Crippen LogP contribution in [0.5, 0.6) is 0 Å². The van der Waals surface area contributed by atoms with Gasteiger partial charge in [-0.1, -0.05) is 25.4 Å². The van der Waals surface area contributed by atoms with Gasteiger partial charge in [-0.15, -0.1) is 0 Å². The lowest BCUT2D eigenvalue weighted by Gasteiger charge is -2.11. The zero-order valence-electron chi connectivity index (χ0n) is 15.1. The van der Waals surface area contributed by atoms with E-state index in [1.54, 1.807) is 31.2 Å². The minimum absolute atomic E-state index is 0.212. The Morgan fingerprint density at radius 3 is 2.62 bits per heavy atom. The molecule has 0 aliphatic rings. The molecule has 2 N–H and O–H groups in total. The largest absolute Gasteiger partial charge is 0.465 e. The first-order valence-electron chi connectivity index (χ1n) is 8.09. The Labute approximate surface area is 157 Å². The summed E-state index contributed by atoms with van der Waals surface area (Å²) in [5.74, 6) is -0.215. The van der Waals surface area contributed by atoms with Crippen LogP contribution < -0.4 is 10.6 Å². The van der Waals surface area contributed by atoms with E-state index in [0.717, 1.165) is 0 Å². The highest BCUT2D eigenvalue weighted by Gasteiger charge is 2.13. The number of ether oxygens (including phenoxy) is 1. The standard InChI is InChI=1S/C18H21ClN4O3/c1-10(2)9-20-16(24)15-7-11(3)21-18(23-15)22-14-8-12(17(25)26-4)5-6-13(14)19/h5-8,10H,9H2,1-4H3,(H,20,24)(H,21,22,23). The highest BCUT2D eigenvalue weighted by molar-refractivity contribution is 6.33. The number of nitrogens with one attached hydrogen (secondary N) is 2. The van der Waals surface area contributed by atoms with Crippen molar-refractivity contribution < 1.29 is 14.3 Å². The van der Waals surface area contributed by atoms with E-state index in [1.807, 2.05) is 13.8 Å². The molecule has 0 bridgehead atoms. The lowest BCUT2D eigenvalue weighted by Crippen LogP contribution is -2.28. The first-order chi connectivity index (χ1) is 12.3. The molecule has 2 aromatic rings. The molecule has 26 heavy (non-hydrogen) atoms. The Bertz CT molecular complexity index is 824. The number of anilines is 2. The molecule has 0 aliphatic carbocycles. The maximum absolute atomic E-state index is 12.2. The quantitative estimate of drug-likeness (QED) is 0.751. The number of esters is 1. The predicted octanol–water partition coefficient (Wildman–Crippen LogP) is 3.35. The average molecular weight is 377 g/mol. The summed E-state index contributed by atoms with van der Waals surface area (Å²) in [4.78, 5) is 32.4. The minimum Gasteiger partial charge on any atom is -0.465 e. The van der Waals surface area contributed by atoms with Gasteiger partial charge in [-0.2, -0.15) is 0 Å². The fraction of sp³-hybridized carbons (Fsp3) is 0.333. The first-order valence-corrected chi connectivity index (χ1v) is 8.46. The van der Waals surface area contributed by atoms with E-state index in [9.17, 15) is 9.59 Å². The fourth-order valence-corrected chi connectivity index (χ4v) is 2.28. The van der Waals surface area contributed by atoms with Crippen LogP contribution in [0.25, 0.3) is 0 Å². The number of methoxy groups -OCH3 is 1. The number of amides is 1. The fourth-order valence-electron chi connectivity index (χ4n) is 2.11. The molecular formula is C18H21ClN4O3. The van der Waals surface area contributed by atoms with E-state index in [0.29, 0.717) is 34.4 Å². The summed E-state index contributed by atoms with van der Waals surface area (Å²) in [6, 6.07) is 6.27. The van der Waals surface area contributed by atoms with E-state index in [-0.39, 0.29) is 17.5 Å². The van der Waals surface area contributed by atoms with Gasteiger partial charge in [-0.25, -0.2) is 14.8 Å². The molecule has 1 amide bonds. The SMILES string of the molecule is COC(=O)c1ccc(Cl)c(Nc2nc(C)cc(C(=O)NCC(C)C)n2)c1. The Kier molecular flexibility index (Phi) is 6.52. The van der Waals surface area contributed by atoms with Crippen LogP contribution in [0, 0.1) is 12.8 Å². The second kappa shape index (κ2) is 8.62. The summed E-state index contributed by atoms with van der Waals surface area (Å²) in [5, 5.41) is 6.15. The van der Waals surface area contributed by atoms with Gasteiger partial charge < -0.3 is 15.4 Å². The van der Waals surface area contributed by atoms with Crippen molar-refractivity contribution in [1.29, 1.82) is 0 Å². The van der Waals surface area contributed by atoms with Crippen molar-refractivity contribution in [3.05, 3.63) is 46.2 Å². The summed E-state index contributed by atoms with van der Waals surface area (Å²) >= 11 is 6.17. The third kappa shape index (κ3) is 5.16. The molecule has 2 rings (SSSR count). The number of hydrogen-bond acceptors (Lipinski definition) is 6. The first kappa shape index (κ1) is 19.7. The third-order valence-corrected chi connectivity index (χ3v) is 3.72. The lowest BCUT2D eigenvalue weighted by molar-refractivity contribution is 0.0600. The molecule has 1 aromatic heterocycles. The van der Waals surface area contributed by atoms with Crippen molar-refractivity contribution in [3.63, 3.8) is 0 Å². The van der Waals surface area contributed by atoms with Crippen LogP contribution in [-0.2, 0) is 4.74 Å². The van der Waals surface area contributed by atoms with Crippen molar-refractivity contribution in [2.24, 2.45) is 5.92 Å². The van der Waals surface area contributed by atoms with Crippen LogP contribution in [0.2, 0.25) is 5.02 Å². The van der Waals surface area contributed by atoms with Gasteiger partial charge in [0.05, 0.1) is 23.4 Å². The minimum atomic E-state index is -0.483. The summed E-state index contributed by atoms with van der Waals surface area (Å²) in [5.41, 5.74) is 1.65. The molecule has 0 radical (unpaired) electrons. The number of carbonyl (C=O) groups excluding carboxylic acids is 2. The smallest absolute Gasteiger partial charge is 0.337 e. The zero-order chi connectivity index (χ0) is 19.3. The highest BCUT2D eigenvalue weighted by Crippen LogP contribution is 2.26. The van der Waals surface area contributed by atoms with Crippen molar-refractivity contribution in [1.82, 2.24) is 15.3 Å². The number of carbonyl (C=O) groups is 2. The highest BCUT2D eigenvalue weighted by atomic mass is 35.5. The summed E-state index contributed by atoms with van der Waals surface area (Å²) in [6.07, 6.45) is 0. The predicted molar refractivity (Wildman–Crippen MR) is 100 cm³/mol. The summed E-state index contributed by atoms with van der Waals surface area (Å²) in [6.45, 7) is 6.33. The van der Waals surface area contributed by atoms with Crippen LogP contribution in [0.3, 0.4) is 0 Å². The molecule has 8 heteroatoms. The Hall–Kier alpha value is -2.67. The molecule has 1 aromatic carbocycles. The molecule has 0 fully saturated rings. The summed E-state index contributed by atoms with van der Waals surface area (Å²) in [7, 11) is 1.30. The Morgan fingerprint density at radius 2 is 1.96 bits per heavy atom. The van der Waals surface area contributed by atoms with E-state index >= 15 is 0 Å². The Morgan fingerprint density at radius 1 is 1.23 bits per heavy atom. The number of aryl methyl sites for hydroxylation is 1. The van der Waals surface area contributed by atoms with Crippen LogP contribution >= 0.6 is 11.6 Å². The van der Waals surface area contributed by atoms with Crippen LogP contribution in [0.4, 0.5) is 11.6 Å². The van der Waals surface area contributed by atoms with Crippen LogP contribution in [0.15, 0.2) is 24.3 Å². The molecule has 7 nitrogen and oxygen atoms in total. The number of rotatable bonds is 6. The van der Waals surface area contributed by atoms with Crippen molar-refractivity contribution in [2.75, 3.05) is 19.0 Å². The molecule has 0 saturated heterocycles. The molecule has 0 saturated carbocycles. The van der Waals surface area contributed by atoms with Gasteiger partial charge in [0.2, 0.25) is 5.95 Å². The van der Waals surface area contributed by atoms with Crippen molar-refractivity contribution in [3.8, 4) is 0 Å². The average Bonchev–Trinajstić information content (AvgIpc) is 2.60. The van der Waals surface area contributed by atoms with Gasteiger partial charge in [0.15, 0.2) is 0 Å². The number of benzene rings is 1.